The largest absolute Gasteiger partial charge is 0.353 e. The van der Waals surface area contributed by atoms with E-state index >= 15 is 0 Å². The van der Waals surface area contributed by atoms with Crippen LogP contribution >= 0.6 is 27.3 Å². The van der Waals surface area contributed by atoms with E-state index in [1.807, 2.05) is 18.3 Å². The molecule has 4 nitrogen and oxygen atoms in total. The molecule has 0 bridgehead atoms. The highest BCUT2D eigenvalue weighted by Crippen LogP contribution is 2.22. The molecule has 3 aromatic heterocycles. The van der Waals surface area contributed by atoms with E-state index in [9.17, 15) is 0 Å². The summed E-state index contributed by atoms with van der Waals surface area (Å²) in [5, 5.41) is 7.64. The first kappa shape index (κ1) is 12.6. The Hall–Kier alpha value is -1.40. The Morgan fingerprint density at radius 2 is 2.26 bits per heavy atom. The standard InChI is InChI=1S/C13H13BrN4S/c1-9-5-7-18-12(8-9)16-13(17-18)15-6-4-10-2-3-11(14)19-10/h2-3,5,7-8H,4,6H2,1H3,(H,15,17). The van der Waals surface area contributed by atoms with Crippen molar-refractivity contribution in [1.82, 2.24) is 14.6 Å². The van der Waals surface area contributed by atoms with Gasteiger partial charge in [0.05, 0.1) is 3.79 Å². The highest BCUT2D eigenvalue weighted by atomic mass is 79.9. The summed E-state index contributed by atoms with van der Waals surface area (Å²) in [7, 11) is 0. The molecule has 3 aromatic rings. The first-order valence-electron chi connectivity index (χ1n) is 6.02. The monoisotopic (exact) mass is 336 g/mol. The smallest absolute Gasteiger partial charge is 0.243 e. The van der Waals surface area contributed by atoms with Crippen molar-refractivity contribution in [2.45, 2.75) is 13.3 Å². The van der Waals surface area contributed by atoms with Crippen molar-refractivity contribution in [2.75, 3.05) is 11.9 Å². The molecule has 1 N–H and O–H groups in total. The maximum Gasteiger partial charge on any atom is 0.243 e. The van der Waals surface area contributed by atoms with E-state index < -0.39 is 0 Å². The summed E-state index contributed by atoms with van der Waals surface area (Å²) in [5.74, 6) is 0.682. The summed E-state index contributed by atoms with van der Waals surface area (Å²) in [6, 6.07) is 8.26. The number of aromatic nitrogens is 3. The maximum absolute atomic E-state index is 4.44. The van der Waals surface area contributed by atoms with Gasteiger partial charge in [0.1, 0.15) is 0 Å². The van der Waals surface area contributed by atoms with Crippen molar-refractivity contribution in [1.29, 1.82) is 0 Å². The van der Waals surface area contributed by atoms with Crippen molar-refractivity contribution in [3.8, 4) is 0 Å². The molecule has 3 heterocycles. The number of aryl methyl sites for hydroxylation is 1. The predicted octanol–water partition coefficient (Wildman–Crippen LogP) is 3.52. The Balaban J connectivity index is 1.65. The van der Waals surface area contributed by atoms with E-state index in [0.29, 0.717) is 5.95 Å². The SMILES string of the molecule is Cc1ccn2nc(NCCc3ccc(Br)s3)nc2c1. The molecule has 0 aliphatic heterocycles. The summed E-state index contributed by atoms with van der Waals surface area (Å²) in [6.45, 7) is 2.89. The third kappa shape index (κ3) is 2.96. The lowest BCUT2D eigenvalue weighted by Crippen LogP contribution is -2.05. The topological polar surface area (TPSA) is 42.2 Å². The van der Waals surface area contributed by atoms with Crippen LogP contribution in [-0.4, -0.2) is 21.1 Å². The number of rotatable bonds is 4. The molecule has 0 spiro atoms. The van der Waals surface area contributed by atoms with Gasteiger partial charge >= 0.3 is 0 Å². The minimum Gasteiger partial charge on any atom is -0.353 e. The molecular formula is C13H13BrN4S. The quantitative estimate of drug-likeness (QED) is 0.792. The fourth-order valence-electron chi connectivity index (χ4n) is 1.84. The normalized spacial score (nSPS) is 11.1. The molecule has 19 heavy (non-hydrogen) atoms. The van der Waals surface area contributed by atoms with Gasteiger partial charge in [0.15, 0.2) is 5.65 Å². The minimum absolute atomic E-state index is 0.682. The molecule has 0 aliphatic carbocycles. The molecule has 0 saturated carbocycles. The summed E-state index contributed by atoms with van der Waals surface area (Å²) < 4.78 is 2.96. The Bertz CT molecular complexity index is 704. The molecule has 3 rings (SSSR count). The van der Waals surface area contributed by atoms with Gasteiger partial charge in [-0.3, -0.25) is 0 Å². The average Bonchev–Trinajstić information content (AvgIpc) is 2.95. The number of fused-ring (bicyclic) bond motifs is 1. The average molecular weight is 337 g/mol. The number of nitrogens with zero attached hydrogens (tertiary/aromatic N) is 3. The van der Waals surface area contributed by atoms with Gasteiger partial charge in [0.25, 0.3) is 0 Å². The second-order valence-electron chi connectivity index (χ2n) is 4.32. The molecule has 0 aromatic carbocycles. The van der Waals surface area contributed by atoms with Gasteiger partial charge in [-0.15, -0.1) is 16.4 Å². The fourth-order valence-corrected chi connectivity index (χ4v) is 3.32. The lowest BCUT2D eigenvalue weighted by atomic mass is 10.3. The summed E-state index contributed by atoms with van der Waals surface area (Å²) in [6.07, 6.45) is 2.91. The zero-order valence-electron chi connectivity index (χ0n) is 10.4. The van der Waals surface area contributed by atoms with Crippen LogP contribution in [0.25, 0.3) is 5.65 Å². The van der Waals surface area contributed by atoms with E-state index in [2.05, 4.69) is 50.4 Å². The Morgan fingerprint density at radius 1 is 1.37 bits per heavy atom. The van der Waals surface area contributed by atoms with Gasteiger partial charge in [-0.25, -0.2) is 4.52 Å². The van der Waals surface area contributed by atoms with Crippen molar-refractivity contribution >= 4 is 38.9 Å². The highest BCUT2D eigenvalue weighted by Gasteiger charge is 2.03. The highest BCUT2D eigenvalue weighted by molar-refractivity contribution is 9.11. The Labute approximate surface area is 123 Å². The summed E-state index contributed by atoms with van der Waals surface area (Å²) >= 11 is 5.23. The number of nitrogens with one attached hydrogen (secondary N) is 1. The lowest BCUT2D eigenvalue weighted by Gasteiger charge is -1.98. The van der Waals surface area contributed by atoms with E-state index in [4.69, 9.17) is 0 Å². The summed E-state index contributed by atoms with van der Waals surface area (Å²) in [4.78, 5) is 5.79. The van der Waals surface area contributed by atoms with Crippen LogP contribution in [-0.2, 0) is 6.42 Å². The molecule has 0 atom stereocenters. The molecule has 0 radical (unpaired) electrons. The van der Waals surface area contributed by atoms with Crippen LogP contribution in [0, 0.1) is 6.92 Å². The molecular weight excluding hydrogens is 324 g/mol. The number of thiophene rings is 1. The summed E-state index contributed by atoms with van der Waals surface area (Å²) in [5.41, 5.74) is 2.07. The second kappa shape index (κ2) is 5.30. The molecule has 0 fully saturated rings. The first-order chi connectivity index (χ1) is 9.20. The zero-order chi connectivity index (χ0) is 13.2. The zero-order valence-corrected chi connectivity index (χ0v) is 12.8. The number of hydrogen-bond acceptors (Lipinski definition) is 4. The van der Waals surface area contributed by atoms with E-state index in [0.717, 1.165) is 18.6 Å². The fraction of sp³-hybridized carbons (Fsp3) is 0.231. The van der Waals surface area contributed by atoms with Crippen LogP contribution in [0.4, 0.5) is 5.95 Å². The van der Waals surface area contributed by atoms with E-state index in [-0.39, 0.29) is 0 Å². The molecule has 6 heteroatoms. The third-order valence-electron chi connectivity index (χ3n) is 2.78. The van der Waals surface area contributed by atoms with Crippen LogP contribution < -0.4 is 5.32 Å². The van der Waals surface area contributed by atoms with Crippen molar-refractivity contribution in [3.05, 3.63) is 44.7 Å². The predicted molar refractivity (Wildman–Crippen MR) is 81.9 cm³/mol. The number of pyridine rings is 1. The van der Waals surface area contributed by atoms with Gasteiger partial charge in [0.2, 0.25) is 5.95 Å². The van der Waals surface area contributed by atoms with Crippen molar-refractivity contribution < 1.29 is 0 Å². The van der Waals surface area contributed by atoms with Crippen LogP contribution in [0.1, 0.15) is 10.4 Å². The van der Waals surface area contributed by atoms with E-state index in [1.165, 1.54) is 14.2 Å². The Morgan fingerprint density at radius 3 is 3.05 bits per heavy atom. The molecule has 98 valence electrons. The second-order valence-corrected chi connectivity index (χ2v) is 6.87. The van der Waals surface area contributed by atoms with Gasteiger partial charge in [-0.05, 0) is 59.1 Å². The number of hydrogen-bond donors (Lipinski definition) is 1. The Kier molecular flexibility index (Phi) is 3.52. The van der Waals surface area contributed by atoms with Gasteiger partial charge < -0.3 is 5.32 Å². The van der Waals surface area contributed by atoms with Crippen LogP contribution in [0.5, 0.6) is 0 Å². The van der Waals surface area contributed by atoms with Crippen LogP contribution in [0.15, 0.2) is 34.2 Å². The lowest BCUT2D eigenvalue weighted by molar-refractivity contribution is 0.939. The number of halogens is 1. The molecule has 0 amide bonds. The molecule has 0 saturated heterocycles. The molecule has 0 unspecified atom stereocenters. The van der Waals surface area contributed by atoms with Crippen molar-refractivity contribution in [3.63, 3.8) is 0 Å². The van der Waals surface area contributed by atoms with Gasteiger partial charge in [-0.2, -0.15) is 4.98 Å². The van der Waals surface area contributed by atoms with Crippen molar-refractivity contribution in [2.24, 2.45) is 0 Å². The van der Waals surface area contributed by atoms with Crippen LogP contribution in [0.3, 0.4) is 0 Å². The van der Waals surface area contributed by atoms with Gasteiger partial charge in [0, 0.05) is 17.6 Å². The van der Waals surface area contributed by atoms with Crippen LogP contribution in [0.2, 0.25) is 0 Å². The number of anilines is 1. The molecule has 0 aliphatic rings. The third-order valence-corrected chi connectivity index (χ3v) is 4.46. The van der Waals surface area contributed by atoms with Gasteiger partial charge in [-0.1, -0.05) is 0 Å². The maximum atomic E-state index is 4.44. The first-order valence-corrected chi connectivity index (χ1v) is 7.63. The van der Waals surface area contributed by atoms with E-state index in [1.54, 1.807) is 15.9 Å². The minimum atomic E-state index is 0.682.